The zero-order chi connectivity index (χ0) is 24.5. The van der Waals surface area contributed by atoms with Gasteiger partial charge in [-0.25, -0.2) is 0 Å². The molecule has 0 unspecified atom stereocenters. The first-order valence-electron chi connectivity index (χ1n) is 11.0. The Labute approximate surface area is 200 Å². The van der Waals surface area contributed by atoms with Crippen molar-refractivity contribution in [1.82, 2.24) is 5.32 Å². The number of amides is 1. The van der Waals surface area contributed by atoms with E-state index in [4.69, 9.17) is 21.4 Å². The van der Waals surface area contributed by atoms with Crippen molar-refractivity contribution in [3.8, 4) is 0 Å². The maximum atomic E-state index is 11.1. The number of unbranched alkanes of at least 4 members (excludes halogenated alkanes) is 1. The monoisotopic (exact) mass is 473 g/mol. The van der Waals surface area contributed by atoms with Crippen LogP contribution in [-0.2, 0) is 19.1 Å². The van der Waals surface area contributed by atoms with Crippen LogP contribution in [0.5, 0.6) is 0 Å². The van der Waals surface area contributed by atoms with E-state index < -0.39 is 11.9 Å². The zero-order valence-corrected chi connectivity index (χ0v) is 20.0. The van der Waals surface area contributed by atoms with Crippen molar-refractivity contribution in [1.29, 1.82) is 0 Å². The molecule has 2 N–H and O–H groups in total. The molecule has 33 heavy (non-hydrogen) atoms. The van der Waals surface area contributed by atoms with Gasteiger partial charge in [0.1, 0.15) is 0 Å². The Kier molecular flexibility index (Phi) is 14.0. The molecule has 0 saturated heterocycles. The number of carboxylic acids is 1. The molecule has 0 atom stereocenters. The molecule has 0 radical (unpaired) electrons. The molecule has 6 nitrogen and oxygen atoms in total. The van der Waals surface area contributed by atoms with Crippen molar-refractivity contribution < 1.29 is 24.2 Å². The predicted octanol–water partition coefficient (Wildman–Crippen LogP) is 5.29. The van der Waals surface area contributed by atoms with E-state index in [0.717, 1.165) is 24.8 Å². The van der Waals surface area contributed by atoms with Crippen LogP contribution >= 0.6 is 11.6 Å². The van der Waals surface area contributed by atoms with Gasteiger partial charge in [-0.05, 0) is 55.2 Å². The summed E-state index contributed by atoms with van der Waals surface area (Å²) in [6.07, 6.45) is 19.0. The Hall–Kier alpha value is -3.08. The van der Waals surface area contributed by atoms with Crippen molar-refractivity contribution in [2.24, 2.45) is 0 Å². The Morgan fingerprint density at radius 1 is 1.15 bits per heavy atom. The zero-order valence-electron chi connectivity index (χ0n) is 19.2. The van der Waals surface area contributed by atoms with Gasteiger partial charge in [0.2, 0.25) is 5.91 Å². The molecular weight excluding hydrogens is 442 g/mol. The molecule has 0 aromatic rings. The number of nitrogens with one attached hydrogen (secondary N) is 1. The summed E-state index contributed by atoms with van der Waals surface area (Å²) in [6, 6.07) is 0. The molecule has 7 heteroatoms. The molecule has 0 spiro atoms. The average molecular weight is 474 g/mol. The van der Waals surface area contributed by atoms with E-state index >= 15 is 0 Å². The number of rotatable bonds is 10. The largest absolute Gasteiger partial charge is 0.481 e. The van der Waals surface area contributed by atoms with Gasteiger partial charge in [0, 0.05) is 18.0 Å². The third-order valence-corrected chi connectivity index (χ3v) is 4.71. The Bertz CT molecular complexity index is 915. The highest BCUT2D eigenvalue weighted by Gasteiger charge is 2.08. The van der Waals surface area contributed by atoms with Gasteiger partial charge in [-0.15, -0.1) is 5.73 Å². The van der Waals surface area contributed by atoms with Crippen molar-refractivity contribution >= 4 is 29.4 Å². The van der Waals surface area contributed by atoms with Gasteiger partial charge < -0.3 is 15.2 Å². The topological polar surface area (TPSA) is 92.7 Å². The summed E-state index contributed by atoms with van der Waals surface area (Å²) in [4.78, 5) is 32.4. The number of carbonyl (C=O) groups is 3. The second-order valence-electron chi connectivity index (χ2n) is 7.37. The second kappa shape index (κ2) is 16.5. The van der Waals surface area contributed by atoms with Crippen LogP contribution in [0.15, 0.2) is 76.1 Å². The first-order chi connectivity index (χ1) is 15.8. The molecule has 0 bridgehead atoms. The number of esters is 1. The summed E-state index contributed by atoms with van der Waals surface area (Å²) < 4.78 is 4.86. The third kappa shape index (κ3) is 13.8. The standard InChI is InChI=1S/C15H13Cl.C11H19NO5/c1-12-5-4-7-13(10-9-12)14-6-2-3-8-15(16)11-14;1-2-3-8-17-11(16)5-4-9(13)12-7-6-10(14)15/h2,5-11H,4H2,1H3;2-8H2,1H3,(H,12,13)(H,14,15). The molecule has 0 aromatic heterocycles. The van der Waals surface area contributed by atoms with E-state index in [9.17, 15) is 14.4 Å². The fourth-order valence-electron chi connectivity index (χ4n) is 2.64. The lowest BCUT2D eigenvalue weighted by Crippen LogP contribution is -2.26. The second-order valence-corrected chi connectivity index (χ2v) is 7.81. The molecule has 2 aliphatic rings. The summed E-state index contributed by atoms with van der Waals surface area (Å²) in [5.41, 5.74) is 6.63. The molecule has 1 amide bonds. The number of hydrogen-bond donors (Lipinski definition) is 2. The average Bonchev–Trinajstić information content (AvgIpc) is 3.12. The smallest absolute Gasteiger partial charge is 0.306 e. The van der Waals surface area contributed by atoms with Crippen LogP contribution in [0, 0.1) is 0 Å². The van der Waals surface area contributed by atoms with Crippen LogP contribution in [-0.4, -0.2) is 36.1 Å². The quantitative estimate of drug-likeness (QED) is 0.255. The summed E-state index contributed by atoms with van der Waals surface area (Å²) in [7, 11) is 0. The fraction of sp³-hybridized carbons (Fsp3) is 0.385. The van der Waals surface area contributed by atoms with Gasteiger partial charge in [-0.3, -0.25) is 14.4 Å². The minimum atomic E-state index is -0.968. The SMILES string of the molecule is CC1=CCC=C(C2=CC=C=CC(Cl)=C2)C=C1.CCCCOC(=O)CCC(=O)NCCC(=O)O. The molecule has 0 saturated carbocycles. The number of ether oxygens (including phenoxy) is 1. The first kappa shape index (κ1) is 28.0. The van der Waals surface area contributed by atoms with E-state index in [1.165, 1.54) is 11.1 Å². The maximum absolute atomic E-state index is 11.1. The number of carboxylic acid groups (broad SMARTS) is 1. The van der Waals surface area contributed by atoms with Crippen molar-refractivity contribution in [3.05, 3.63) is 76.1 Å². The van der Waals surface area contributed by atoms with E-state index in [2.05, 4.69) is 42.3 Å². The Morgan fingerprint density at radius 3 is 2.67 bits per heavy atom. The Morgan fingerprint density at radius 2 is 1.94 bits per heavy atom. The van der Waals surface area contributed by atoms with Crippen LogP contribution in [0.3, 0.4) is 0 Å². The van der Waals surface area contributed by atoms with Crippen molar-refractivity contribution in [3.63, 3.8) is 0 Å². The summed E-state index contributed by atoms with van der Waals surface area (Å²) in [5, 5.41) is 11.5. The van der Waals surface area contributed by atoms with Gasteiger partial charge in [0.15, 0.2) is 0 Å². The molecule has 0 heterocycles. The fourth-order valence-corrected chi connectivity index (χ4v) is 2.82. The van der Waals surface area contributed by atoms with Crippen LogP contribution in [0.2, 0.25) is 0 Å². The maximum Gasteiger partial charge on any atom is 0.306 e. The lowest BCUT2D eigenvalue weighted by atomic mass is 10.0. The molecule has 0 aliphatic heterocycles. The number of allylic oxidation sites excluding steroid dienone is 11. The lowest BCUT2D eigenvalue weighted by Gasteiger charge is -2.04. The number of aliphatic carboxylic acids is 1. The van der Waals surface area contributed by atoms with Gasteiger partial charge in [-0.2, -0.15) is 0 Å². The minimum absolute atomic E-state index is 0.0304. The molecule has 178 valence electrons. The minimum Gasteiger partial charge on any atom is -0.481 e. The number of carbonyl (C=O) groups excluding carboxylic acids is 2. The molecule has 2 rings (SSSR count). The summed E-state index contributed by atoms with van der Waals surface area (Å²) >= 11 is 6.02. The molecule has 0 fully saturated rings. The van der Waals surface area contributed by atoms with Gasteiger partial charge in [0.05, 0.1) is 19.4 Å². The van der Waals surface area contributed by atoms with Crippen LogP contribution in [0.25, 0.3) is 0 Å². The van der Waals surface area contributed by atoms with Crippen molar-refractivity contribution in [2.45, 2.75) is 52.4 Å². The van der Waals surface area contributed by atoms with Crippen LogP contribution in [0.1, 0.15) is 52.4 Å². The van der Waals surface area contributed by atoms with E-state index in [1.54, 1.807) is 6.08 Å². The number of halogens is 1. The van der Waals surface area contributed by atoms with E-state index in [1.807, 2.05) is 25.2 Å². The highest BCUT2D eigenvalue weighted by molar-refractivity contribution is 6.31. The van der Waals surface area contributed by atoms with Crippen LogP contribution < -0.4 is 5.32 Å². The molecular formula is C26H32ClNO5. The van der Waals surface area contributed by atoms with Crippen LogP contribution in [0.4, 0.5) is 0 Å². The lowest BCUT2D eigenvalue weighted by molar-refractivity contribution is -0.145. The highest BCUT2D eigenvalue weighted by Crippen LogP contribution is 2.22. The predicted molar refractivity (Wildman–Crippen MR) is 131 cm³/mol. The molecule has 2 aliphatic carbocycles. The summed E-state index contributed by atoms with van der Waals surface area (Å²) in [5.74, 6) is -1.70. The van der Waals surface area contributed by atoms with Crippen molar-refractivity contribution in [2.75, 3.05) is 13.2 Å². The highest BCUT2D eigenvalue weighted by atomic mass is 35.5. The van der Waals surface area contributed by atoms with E-state index in [0.29, 0.717) is 11.6 Å². The van der Waals surface area contributed by atoms with Gasteiger partial charge in [-0.1, -0.05) is 54.8 Å². The first-order valence-corrected chi connectivity index (χ1v) is 11.4. The normalized spacial score (nSPS) is 14.4. The summed E-state index contributed by atoms with van der Waals surface area (Å²) in [6.45, 7) is 4.57. The Balaban J connectivity index is 0.000000330. The third-order valence-electron chi connectivity index (χ3n) is 4.49. The van der Waals surface area contributed by atoms with E-state index in [-0.39, 0.29) is 31.7 Å². The van der Waals surface area contributed by atoms with Gasteiger partial charge in [0.25, 0.3) is 0 Å². The number of hydrogen-bond acceptors (Lipinski definition) is 4. The molecule has 0 aromatic carbocycles. The van der Waals surface area contributed by atoms with Gasteiger partial charge >= 0.3 is 11.9 Å².